The van der Waals surface area contributed by atoms with Crippen LogP contribution in [0.15, 0.2) is 35.2 Å². The van der Waals surface area contributed by atoms with Crippen molar-refractivity contribution in [3.05, 3.63) is 46.4 Å². The number of amides is 1. The molecule has 2 unspecified atom stereocenters. The summed E-state index contributed by atoms with van der Waals surface area (Å²) < 4.78 is 6.05. The zero-order valence-electron chi connectivity index (χ0n) is 11.5. The van der Waals surface area contributed by atoms with Crippen LogP contribution in [0.2, 0.25) is 0 Å². The molecule has 2 rings (SSSR count). The number of thioether (sulfide) groups is 1. The number of carbonyl (C=O) groups excluding carboxylic acids is 1. The predicted molar refractivity (Wildman–Crippen MR) is 78.7 cm³/mol. The smallest absolute Gasteiger partial charge is 0.234 e. The molecule has 19 heavy (non-hydrogen) atoms. The van der Waals surface area contributed by atoms with Gasteiger partial charge >= 0.3 is 0 Å². The third-order valence-electron chi connectivity index (χ3n) is 3.71. The van der Waals surface area contributed by atoms with Gasteiger partial charge in [0.05, 0.1) is 6.61 Å². The number of hydrogen-bond donors (Lipinski definition) is 1. The standard InChI is InChI=1S/C15H19NO2S/c1-10-6-4-5-7-12(10)8-18-15(3)11(2)9-19-13(15)14(16)17/h4-7,9,13H,8H2,1-3H3,(H2,16,17). The summed E-state index contributed by atoms with van der Waals surface area (Å²) in [6, 6.07) is 8.09. The fourth-order valence-corrected chi connectivity index (χ4v) is 3.37. The van der Waals surface area contributed by atoms with Crippen LogP contribution >= 0.6 is 11.8 Å². The third-order valence-corrected chi connectivity index (χ3v) is 5.16. The number of primary amides is 1. The molecular weight excluding hydrogens is 258 g/mol. The maximum atomic E-state index is 11.5. The van der Waals surface area contributed by atoms with E-state index in [9.17, 15) is 4.79 Å². The zero-order valence-corrected chi connectivity index (χ0v) is 12.3. The van der Waals surface area contributed by atoms with Gasteiger partial charge in [-0.2, -0.15) is 0 Å². The highest BCUT2D eigenvalue weighted by molar-refractivity contribution is 8.03. The second-order valence-electron chi connectivity index (χ2n) is 5.04. The molecule has 4 heteroatoms. The van der Waals surface area contributed by atoms with Gasteiger partial charge in [0.25, 0.3) is 0 Å². The molecule has 0 spiro atoms. The molecule has 0 aromatic heterocycles. The summed E-state index contributed by atoms with van der Waals surface area (Å²) in [6.45, 7) is 6.46. The average molecular weight is 277 g/mol. The van der Waals surface area contributed by atoms with E-state index in [0.29, 0.717) is 6.61 Å². The van der Waals surface area contributed by atoms with Gasteiger partial charge < -0.3 is 10.5 Å². The second kappa shape index (κ2) is 5.39. The molecule has 0 radical (unpaired) electrons. The minimum absolute atomic E-state index is 0.328. The summed E-state index contributed by atoms with van der Waals surface area (Å²) in [7, 11) is 0. The zero-order chi connectivity index (χ0) is 14.0. The summed E-state index contributed by atoms with van der Waals surface area (Å²) in [6.07, 6.45) is 0. The van der Waals surface area contributed by atoms with Crippen molar-refractivity contribution in [1.29, 1.82) is 0 Å². The molecule has 102 valence electrons. The van der Waals surface area contributed by atoms with Crippen molar-refractivity contribution in [3.63, 3.8) is 0 Å². The van der Waals surface area contributed by atoms with Crippen LogP contribution in [0, 0.1) is 6.92 Å². The molecule has 0 bridgehead atoms. The predicted octanol–water partition coefficient (Wildman–Crippen LogP) is 2.77. The summed E-state index contributed by atoms with van der Waals surface area (Å²) in [5.74, 6) is -0.328. The van der Waals surface area contributed by atoms with E-state index < -0.39 is 5.60 Å². The van der Waals surface area contributed by atoms with E-state index in [1.807, 2.05) is 37.5 Å². The summed E-state index contributed by atoms with van der Waals surface area (Å²) >= 11 is 1.44. The summed E-state index contributed by atoms with van der Waals surface area (Å²) in [4.78, 5) is 11.5. The number of rotatable bonds is 4. The van der Waals surface area contributed by atoms with Gasteiger partial charge in [-0.05, 0) is 42.9 Å². The lowest BCUT2D eigenvalue weighted by Crippen LogP contribution is -2.45. The second-order valence-corrected chi connectivity index (χ2v) is 6.02. The van der Waals surface area contributed by atoms with Crippen molar-refractivity contribution >= 4 is 17.7 Å². The van der Waals surface area contributed by atoms with E-state index in [0.717, 1.165) is 11.1 Å². The van der Waals surface area contributed by atoms with Crippen molar-refractivity contribution in [1.82, 2.24) is 0 Å². The van der Waals surface area contributed by atoms with Crippen LogP contribution in [0.25, 0.3) is 0 Å². The largest absolute Gasteiger partial charge is 0.369 e. The van der Waals surface area contributed by atoms with Crippen molar-refractivity contribution < 1.29 is 9.53 Å². The molecule has 3 nitrogen and oxygen atoms in total. The van der Waals surface area contributed by atoms with Crippen LogP contribution in [-0.4, -0.2) is 16.8 Å². The number of carbonyl (C=O) groups is 1. The maximum Gasteiger partial charge on any atom is 0.234 e. The van der Waals surface area contributed by atoms with E-state index >= 15 is 0 Å². The molecule has 2 N–H and O–H groups in total. The van der Waals surface area contributed by atoms with Gasteiger partial charge in [0, 0.05) is 0 Å². The topological polar surface area (TPSA) is 52.3 Å². The highest BCUT2D eigenvalue weighted by atomic mass is 32.2. The molecule has 2 atom stereocenters. The quantitative estimate of drug-likeness (QED) is 0.920. The van der Waals surface area contributed by atoms with Gasteiger partial charge in [0.1, 0.15) is 10.9 Å². The van der Waals surface area contributed by atoms with Crippen LogP contribution in [0.3, 0.4) is 0 Å². The minimum Gasteiger partial charge on any atom is -0.369 e. The number of hydrogen-bond acceptors (Lipinski definition) is 3. The molecule has 0 fully saturated rings. The Hall–Kier alpha value is -1.26. The number of ether oxygens (including phenoxy) is 1. The van der Waals surface area contributed by atoms with Crippen LogP contribution in [0.5, 0.6) is 0 Å². The molecule has 0 saturated carbocycles. The van der Waals surface area contributed by atoms with Crippen LogP contribution in [-0.2, 0) is 16.1 Å². The lowest BCUT2D eigenvalue weighted by atomic mass is 9.93. The average Bonchev–Trinajstić information content (AvgIpc) is 2.65. The first-order valence-electron chi connectivity index (χ1n) is 6.25. The Morgan fingerprint density at radius 1 is 1.42 bits per heavy atom. The highest BCUT2D eigenvalue weighted by Crippen LogP contribution is 2.41. The van der Waals surface area contributed by atoms with E-state index in [2.05, 4.69) is 13.0 Å². The first-order valence-corrected chi connectivity index (χ1v) is 7.20. The minimum atomic E-state index is -0.612. The van der Waals surface area contributed by atoms with Gasteiger partial charge in [0.15, 0.2) is 0 Å². The van der Waals surface area contributed by atoms with Crippen LogP contribution in [0.1, 0.15) is 25.0 Å². The molecule has 1 aliphatic rings. The Balaban J connectivity index is 2.15. The Kier molecular flexibility index (Phi) is 4.02. The van der Waals surface area contributed by atoms with Gasteiger partial charge in [-0.15, -0.1) is 11.8 Å². The van der Waals surface area contributed by atoms with Gasteiger partial charge in [0.2, 0.25) is 5.91 Å². The molecule has 1 aliphatic heterocycles. The molecular formula is C15H19NO2S. The van der Waals surface area contributed by atoms with Crippen LogP contribution < -0.4 is 5.73 Å². The Morgan fingerprint density at radius 2 is 2.11 bits per heavy atom. The van der Waals surface area contributed by atoms with Gasteiger partial charge in [-0.25, -0.2) is 0 Å². The highest BCUT2D eigenvalue weighted by Gasteiger charge is 2.44. The third kappa shape index (κ3) is 2.69. The SMILES string of the molecule is CC1=CSC(C(N)=O)C1(C)OCc1ccccc1C. The van der Waals surface area contributed by atoms with Gasteiger partial charge in [-0.3, -0.25) is 4.79 Å². The monoisotopic (exact) mass is 277 g/mol. The van der Waals surface area contributed by atoms with Crippen molar-refractivity contribution in [2.75, 3.05) is 0 Å². The number of benzene rings is 1. The molecule has 1 amide bonds. The first kappa shape index (κ1) is 14.2. The molecule has 1 aromatic rings. The van der Waals surface area contributed by atoms with Crippen molar-refractivity contribution in [2.24, 2.45) is 5.73 Å². The molecule has 1 aromatic carbocycles. The number of nitrogens with two attached hydrogens (primary N) is 1. The maximum absolute atomic E-state index is 11.5. The van der Waals surface area contributed by atoms with E-state index in [1.54, 1.807) is 0 Å². The van der Waals surface area contributed by atoms with Gasteiger partial charge in [-0.1, -0.05) is 24.3 Å². The van der Waals surface area contributed by atoms with E-state index in [-0.39, 0.29) is 11.2 Å². The Bertz CT molecular complexity index is 527. The van der Waals surface area contributed by atoms with E-state index in [4.69, 9.17) is 10.5 Å². The van der Waals surface area contributed by atoms with E-state index in [1.165, 1.54) is 17.3 Å². The lowest BCUT2D eigenvalue weighted by molar-refractivity contribution is -0.122. The summed E-state index contributed by atoms with van der Waals surface area (Å²) in [5, 5.41) is 1.62. The number of aryl methyl sites for hydroxylation is 1. The fourth-order valence-electron chi connectivity index (χ4n) is 2.15. The Labute approximate surface area is 118 Å². The molecule has 1 heterocycles. The van der Waals surface area contributed by atoms with Crippen molar-refractivity contribution in [2.45, 2.75) is 38.2 Å². The molecule has 0 saturated heterocycles. The van der Waals surface area contributed by atoms with Crippen molar-refractivity contribution in [3.8, 4) is 0 Å². The van der Waals surface area contributed by atoms with Crippen LogP contribution in [0.4, 0.5) is 0 Å². The lowest BCUT2D eigenvalue weighted by Gasteiger charge is -2.31. The fraction of sp³-hybridized carbons (Fsp3) is 0.400. The normalized spacial score (nSPS) is 26.3. The first-order chi connectivity index (χ1) is 8.95. The summed E-state index contributed by atoms with van der Waals surface area (Å²) in [5.41, 5.74) is 8.22. The Morgan fingerprint density at radius 3 is 2.74 bits per heavy atom. The molecule has 0 aliphatic carbocycles.